The lowest BCUT2D eigenvalue weighted by atomic mass is 10.1. The minimum Gasteiger partial charge on any atom is -0.454 e. The Labute approximate surface area is 281 Å². The van der Waals surface area contributed by atoms with E-state index >= 15 is 0 Å². The van der Waals surface area contributed by atoms with Gasteiger partial charge in [0.1, 0.15) is 5.58 Å². The molecule has 49 heavy (non-hydrogen) atoms. The van der Waals surface area contributed by atoms with Gasteiger partial charge in [0.25, 0.3) is 0 Å². The average molecular weight is 625 g/mol. The van der Waals surface area contributed by atoms with Crippen LogP contribution in [0.4, 0.5) is 0 Å². The molecule has 11 aromatic rings. The van der Waals surface area contributed by atoms with Crippen molar-refractivity contribution >= 4 is 76.3 Å². The van der Waals surface area contributed by atoms with E-state index in [0.717, 1.165) is 44.3 Å². The van der Waals surface area contributed by atoms with Crippen molar-refractivity contribution in [1.29, 1.82) is 0 Å². The van der Waals surface area contributed by atoms with Crippen LogP contribution in [0.15, 0.2) is 174 Å². The molecule has 228 valence electrons. The molecule has 3 heteroatoms. The van der Waals surface area contributed by atoms with Gasteiger partial charge in [-0.3, -0.25) is 0 Å². The second-order valence-electron chi connectivity index (χ2n) is 12.9. The lowest BCUT2D eigenvalue weighted by Crippen LogP contribution is -1.96. The Hall–Kier alpha value is -6.58. The Morgan fingerprint density at radius 3 is 1.86 bits per heavy atom. The molecular weight excluding hydrogens is 597 g/mol. The number of furan rings is 1. The normalized spacial score (nSPS) is 12.1. The number of aromatic nitrogens is 2. The third-order valence-corrected chi connectivity index (χ3v) is 10.3. The van der Waals surface area contributed by atoms with Gasteiger partial charge in [0, 0.05) is 38.0 Å². The topological polar surface area (TPSA) is 23.0 Å². The minimum absolute atomic E-state index is 0.896. The molecule has 0 saturated heterocycles. The van der Waals surface area contributed by atoms with Crippen molar-refractivity contribution in [1.82, 2.24) is 9.13 Å². The van der Waals surface area contributed by atoms with Crippen LogP contribution in [0.5, 0.6) is 0 Å². The molecule has 0 saturated carbocycles. The third kappa shape index (κ3) is 3.73. The van der Waals surface area contributed by atoms with E-state index in [2.05, 4.69) is 179 Å². The first-order chi connectivity index (χ1) is 24.3. The molecule has 0 amide bonds. The standard InChI is InChI=1S/C46H28N2O/c1-2-11-29(12-3-1)30-21-23-33(24-22-30)47-39-18-8-6-15-34(39)35-25-26-41-44(45(35)47)37-16-7-9-19-40(37)48(41)42-20-10-17-36-38-27-31-13-4-5-14-32(31)28-43(38)49-46(36)42/h1-28H. The molecule has 11 rings (SSSR count). The second-order valence-corrected chi connectivity index (χ2v) is 12.9. The van der Waals surface area contributed by atoms with Crippen LogP contribution in [-0.2, 0) is 0 Å². The predicted molar refractivity (Wildman–Crippen MR) is 205 cm³/mol. The molecule has 0 aliphatic carbocycles. The highest BCUT2D eigenvalue weighted by Crippen LogP contribution is 2.44. The lowest BCUT2D eigenvalue weighted by Gasteiger charge is -2.11. The van der Waals surface area contributed by atoms with Gasteiger partial charge in [0.2, 0.25) is 0 Å². The number of para-hydroxylation sites is 3. The summed E-state index contributed by atoms with van der Waals surface area (Å²) in [6.45, 7) is 0. The Bertz CT molecular complexity index is 3090. The maximum Gasteiger partial charge on any atom is 0.159 e. The van der Waals surface area contributed by atoms with Crippen LogP contribution in [0.3, 0.4) is 0 Å². The summed E-state index contributed by atoms with van der Waals surface area (Å²) in [4.78, 5) is 0. The van der Waals surface area contributed by atoms with E-state index in [0.29, 0.717) is 0 Å². The summed E-state index contributed by atoms with van der Waals surface area (Å²) in [5, 5.41) is 9.59. The summed E-state index contributed by atoms with van der Waals surface area (Å²) < 4.78 is 11.6. The van der Waals surface area contributed by atoms with Gasteiger partial charge >= 0.3 is 0 Å². The van der Waals surface area contributed by atoms with Crippen molar-refractivity contribution in [2.24, 2.45) is 0 Å². The molecule has 0 spiro atoms. The third-order valence-electron chi connectivity index (χ3n) is 10.3. The zero-order chi connectivity index (χ0) is 32.1. The molecule has 0 aliphatic rings. The molecule has 0 fully saturated rings. The van der Waals surface area contributed by atoms with E-state index in [1.807, 2.05) is 0 Å². The van der Waals surface area contributed by atoms with E-state index in [1.54, 1.807) is 0 Å². The van der Waals surface area contributed by atoms with Crippen LogP contribution in [-0.4, -0.2) is 9.13 Å². The molecule has 0 bridgehead atoms. The molecule has 3 aromatic heterocycles. The smallest absolute Gasteiger partial charge is 0.159 e. The van der Waals surface area contributed by atoms with Gasteiger partial charge in [0.05, 0.1) is 27.8 Å². The summed E-state index contributed by atoms with van der Waals surface area (Å²) in [5.41, 5.74) is 11.1. The van der Waals surface area contributed by atoms with Gasteiger partial charge in [-0.1, -0.05) is 121 Å². The summed E-state index contributed by atoms with van der Waals surface area (Å²) in [5.74, 6) is 0. The van der Waals surface area contributed by atoms with Crippen LogP contribution in [0.2, 0.25) is 0 Å². The van der Waals surface area contributed by atoms with Crippen molar-refractivity contribution in [3.05, 3.63) is 170 Å². The highest BCUT2D eigenvalue weighted by molar-refractivity contribution is 6.26. The van der Waals surface area contributed by atoms with E-state index in [1.165, 1.54) is 54.5 Å². The fourth-order valence-corrected chi connectivity index (χ4v) is 8.11. The molecule has 0 unspecified atom stereocenters. The summed E-state index contributed by atoms with van der Waals surface area (Å²) >= 11 is 0. The van der Waals surface area contributed by atoms with E-state index in [-0.39, 0.29) is 0 Å². The van der Waals surface area contributed by atoms with Crippen molar-refractivity contribution < 1.29 is 4.42 Å². The van der Waals surface area contributed by atoms with Crippen LogP contribution < -0.4 is 0 Å². The average Bonchev–Trinajstić information content (AvgIpc) is 3.82. The maximum atomic E-state index is 6.76. The van der Waals surface area contributed by atoms with Gasteiger partial charge in [-0.15, -0.1) is 0 Å². The van der Waals surface area contributed by atoms with E-state index in [4.69, 9.17) is 4.42 Å². The number of hydrogen-bond acceptors (Lipinski definition) is 1. The van der Waals surface area contributed by atoms with Gasteiger partial charge in [-0.2, -0.15) is 0 Å². The summed E-state index contributed by atoms with van der Waals surface area (Å²) in [6.07, 6.45) is 0. The highest BCUT2D eigenvalue weighted by atomic mass is 16.3. The minimum atomic E-state index is 0.896. The predicted octanol–water partition coefficient (Wildman–Crippen LogP) is 12.6. The Kier molecular flexibility index (Phi) is 5.38. The SMILES string of the molecule is c1ccc(-c2ccc(-n3c4ccccc4c4ccc5c(c6ccccc6n5-c5cccc6c5oc5cc7ccccc7cc56)c43)cc2)cc1. The van der Waals surface area contributed by atoms with Gasteiger partial charge in [-0.25, -0.2) is 0 Å². The van der Waals surface area contributed by atoms with E-state index in [9.17, 15) is 0 Å². The van der Waals surface area contributed by atoms with E-state index < -0.39 is 0 Å². The van der Waals surface area contributed by atoms with Gasteiger partial charge in [0.15, 0.2) is 5.58 Å². The fourth-order valence-electron chi connectivity index (χ4n) is 8.11. The van der Waals surface area contributed by atoms with Crippen molar-refractivity contribution in [2.75, 3.05) is 0 Å². The molecule has 3 nitrogen and oxygen atoms in total. The number of rotatable bonds is 3. The maximum absolute atomic E-state index is 6.76. The fraction of sp³-hybridized carbons (Fsp3) is 0. The molecule has 0 atom stereocenters. The molecule has 0 N–H and O–H groups in total. The quantitative estimate of drug-likeness (QED) is 0.192. The zero-order valence-electron chi connectivity index (χ0n) is 26.5. The number of benzene rings is 8. The molecule has 0 aliphatic heterocycles. The first-order valence-corrected chi connectivity index (χ1v) is 16.8. The zero-order valence-corrected chi connectivity index (χ0v) is 26.5. The highest BCUT2D eigenvalue weighted by Gasteiger charge is 2.22. The Morgan fingerprint density at radius 1 is 0.388 bits per heavy atom. The number of fused-ring (bicyclic) bond motifs is 11. The number of hydrogen-bond donors (Lipinski definition) is 0. The molecule has 3 heterocycles. The largest absolute Gasteiger partial charge is 0.454 e. The molecular formula is C46H28N2O. The molecule has 0 radical (unpaired) electrons. The number of nitrogens with zero attached hydrogens (tertiary/aromatic N) is 2. The second kappa shape index (κ2) is 9.96. The van der Waals surface area contributed by atoms with Gasteiger partial charge in [-0.05, 0) is 70.4 Å². The van der Waals surface area contributed by atoms with Crippen LogP contribution in [0.25, 0.3) is 98.8 Å². The Balaban J connectivity index is 1.24. The first-order valence-electron chi connectivity index (χ1n) is 16.8. The first kappa shape index (κ1) is 26.5. The summed E-state index contributed by atoms with van der Waals surface area (Å²) in [7, 11) is 0. The van der Waals surface area contributed by atoms with Crippen LogP contribution in [0, 0.1) is 0 Å². The molecule has 8 aromatic carbocycles. The van der Waals surface area contributed by atoms with Crippen molar-refractivity contribution in [3.63, 3.8) is 0 Å². The van der Waals surface area contributed by atoms with Crippen LogP contribution in [0.1, 0.15) is 0 Å². The van der Waals surface area contributed by atoms with Crippen molar-refractivity contribution in [3.8, 4) is 22.5 Å². The Morgan fingerprint density at radius 2 is 1.04 bits per heavy atom. The van der Waals surface area contributed by atoms with Crippen LogP contribution >= 0.6 is 0 Å². The lowest BCUT2D eigenvalue weighted by molar-refractivity contribution is 0.667. The summed E-state index contributed by atoms with van der Waals surface area (Å²) in [6, 6.07) is 61.2. The van der Waals surface area contributed by atoms with Crippen molar-refractivity contribution in [2.45, 2.75) is 0 Å². The monoisotopic (exact) mass is 624 g/mol. The van der Waals surface area contributed by atoms with Gasteiger partial charge < -0.3 is 13.6 Å².